The second-order valence-electron chi connectivity index (χ2n) is 8.22. The summed E-state index contributed by atoms with van der Waals surface area (Å²) in [5.41, 5.74) is 5.37. The standard InChI is InChI=1S/C25H31BrN8O2/c1-4-6-16-33(17-7-5-2)25-29-23(27-21-12-14-22(15-13-21)34(35)36)28-24(30-25)32-31-18(3)19-8-10-20(26)11-9-19/h8-15H,4-7,16-17H2,1-3H3,(H2,27,28,29,30,32). The summed E-state index contributed by atoms with van der Waals surface area (Å²) in [6.07, 6.45) is 4.15. The molecule has 1 aromatic heterocycles. The van der Waals surface area contributed by atoms with Crippen LogP contribution in [0, 0.1) is 10.1 Å². The third-order valence-corrected chi connectivity index (χ3v) is 5.92. The summed E-state index contributed by atoms with van der Waals surface area (Å²) in [5, 5.41) is 18.6. The van der Waals surface area contributed by atoms with Crippen molar-refractivity contribution in [1.29, 1.82) is 0 Å². The van der Waals surface area contributed by atoms with Crippen LogP contribution in [-0.4, -0.2) is 38.7 Å². The van der Waals surface area contributed by atoms with Gasteiger partial charge in [-0.25, -0.2) is 5.43 Å². The summed E-state index contributed by atoms with van der Waals surface area (Å²) in [6, 6.07) is 14.0. The second-order valence-corrected chi connectivity index (χ2v) is 9.14. The van der Waals surface area contributed by atoms with Gasteiger partial charge in [-0.3, -0.25) is 10.1 Å². The van der Waals surface area contributed by atoms with Crippen molar-refractivity contribution in [2.45, 2.75) is 46.5 Å². The smallest absolute Gasteiger partial charge is 0.269 e. The van der Waals surface area contributed by atoms with Crippen LogP contribution in [0.25, 0.3) is 0 Å². The van der Waals surface area contributed by atoms with Gasteiger partial charge in [0.05, 0.1) is 10.6 Å². The van der Waals surface area contributed by atoms with Crippen molar-refractivity contribution >= 4 is 50.9 Å². The molecule has 0 bridgehead atoms. The van der Waals surface area contributed by atoms with Gasteiger partial charge in [-0.05, 0) is 49.6 Å². The molecule has 0 fully saturated rings. The highest BCUT2D eigenvalue weighted by Crippen LogP contribution is 2.21. The third-order valence-electron chi connectivity index (χ3n) is 5.39. The molecule has 2 aromatic carbocycles. The number of hydrogen-bond acceptors (Lipinski definition) is 9. The number of nitrogens with zero attached hydrogens (tertiary/aromatic N) is 6. The first kappa shape index (κ1) is 27.0. The molecular weight excluding hydrogens is 524 g/mol. The van der Waals surface area contributed by atoms with E-state index >= 15 is 0 Å². The molecule has 0 aliphatic carbocycles. The molecule has 0 radical (unpaired) electrons. The first-order chi connectivity index (χ1) is 17.4. The summed E-state index contributed by atoms with van der Waals surface area (Å²) in [5.74, 6) is 1.18. The molecular formula is C25H31BrN8O2. The topological polar surface area (TPSA) is 121 Å². The lowest BCUT2D eigenvalue weighted by Crippen LogP contribution is -2.28. The van der Waals surface area contributed by atoms with Crippen LogP contribution in [0.5, 0.6) is 0 Å². The third kappa shape index (κ3) is 7.98. The summed E-state index contributed by atoms with van der Waals surface area (Å²) in [4.78, 5) is 26.5. The molecule has 0 aliphatic heterocycles. The van der Waals surface area contributed by atoms with Crippen LogP contribution in [0.4, 0.5) is 29.2 Å². The van der Waals surface area contributed by atoms with Crippen molar-refractivity contribution in [2.75, 3.05) is 28.7 Å². The number of benzene rings is 2. The van der Waals surface area contributed by atoms with Crippen LogP contribution in [0.15, 0.2) is 58.1 Å². The maximum absolute atomic E-state index is 11.0. The van der Waals surface area contributed by atoms with E-state index in [9.17, 15) is 10.1 Å². The number of halogens is 1. The van der Waals surface area contributed by atoms with E-state index in [1.54, 1.807) is 12.1 Å². The van der Waals surface area contributed by atoms with Gasteiger partial charge in [0.15, 0.2) is 0 Å². The fourth-order valence-electron chi connectivity index (χ4n) is 3.31. The Morgan fingerprint density at radius 2 is 1.58 bits per heavy atom. The van der Waals surface area contributed by atoms with E-state index in [0.717, 1.165) is 54.5 Å². The number of hydrogen-bond donors (Lipinski definition) is 2. The lowest BCUT2D eigenvalue weighted by atomic mass is 10.1. The second kappa shape index (κ2) is 13.5. The Hall–Kier alpha value is -3.60. The molecule has 2 N–H and O–H groups in total. The van der Waals surface area contributed by atoms with Gasteiger partial charge in [0.2, 0.25) is 17.8 Å². The Labute approximate surface area is 219 Å². The minimum atomic E-state index is -0.433. The fraction of sp³-hybridized carbons (Fsp3) is 0.360. The number of nitro benzene ring substituents is 1. The largest absolute Gasteiger partial charge is 0.341 e. The predicted octanol–water partition coefficient (Wildman–Crippen LogP) is 6.53. The zero-order valence-corrected chi connectivity index (χ0v) is 22.3. The maximum Gasteiger partial charge on any atom is 0.269 e. The van der Waals surface area contributed by atoms with Gasteiger partial charge in [0.25, 0.3) is 5.69 Å². The van der Waals surface area contributed by atoms with Crippen LogP contribution in [0.1, 0.15) is 52.0 Å². The molecule has 10 nitrogen and oxygen atoms in total. The Balaban J connectivity index is 1.91. The first-order valence-electron chi connectivity index (χ1n) is 12.0. The minimum Gasteiger partial charge on any atom is -0.341 e. The van der Waals surface area contributed by atoms with Gasteiger partial charge in [0, 0.05) is 35.4 Å². The predicted molar refractivity (Wildman–Crippen MR) is 148 cm³/mol. The molecule has 11 heteroatoms. The van der Waals surface area contributed by atoms with Crippen LogP contribution < -0.4 is 15.6 Å². The zero-order valence-electron chi connectivity index (χ0n) is 20.7. The number of hydrazone groups is 1. The Kier molecular flexibility index (Phi) is 10.1. The lowest BCUT2D eigenvalue weighted by Gasteiger charge is -2.23. The fourth-order valence-corrected chi connectivity index (χ4v) is 3.57. The lowest BCUT2D eigenvalue weighted by molar-refractivity contribution is -0.384. The highest BCUT2D eigenvalue weighted by molar-refractivity contribution is 9.10. The first-order valence-corrected chi connectivity index (χ1v) is 12.8. The SMILES string of the molecule is CCCCN(CCCC)c1nc(NN=C(C)c2ccc(Br)cc2)nc(Nc2ccc([N+](=O)[O-])cc2)n1. The Bertz CT molecular complexity index is 1160. The van der Waals surface area contributed by atoms with Crippen LogP contribution in [-0.2, 0) is 0 Å². The van der Waals surface area contributed by atoms with E-state index in [0.29, 0.717) is 23.5 Å². The quantitative estimate of drug-likeness (QED) is 0.139. The molecule has 0 atom stereocenters. The normalized spacial score (nSPS) is 11.3. The zero-order chi connectivity index (χ0) is 25.9. The van der Waals surface area contributed by atoms with Gasteiger partial charge < -0.3 is 10.2 Å². The molecule has 1 heterocycles. The van der Waals surface area contributed by atoms with Gasteiger partial charge in [-0.2, -0.15) is 20.1 Å². The maximum atomic E-state index is 11.0. The molecule has 0 saturated heterocycles. The van der Waals surface area contributed by atoms with Gasteiger partial charge in [0.1, 0.15) is 0 Å². The molecule has 0 spiro atoms. The van der Waals surface area contributed by atoms with Crippen molar-refractivity contribution in [1.82, 2.24) is 15.0 Å². The highest BCUT2D eigenvalue weighted by Gasteiger charge is 2.14. The summed E-state index contributed by atoms with van der Waals surface area (Å²) < 4.78 is 0.996. The van der Waals surface area contributed by atoms with E-state index in [4.69, 9.17) is 0 Å². The van der Waals surface area contributed by atoms with E-state index < -0.39 is 4.92 Å². The average Bonchev–Trinajstić information content (AvgIpc) is 2.88. The minimum absolute atomic E-state index is 0.0160. The van der Waals surface area contributed by atoms with Crippen molar-refractivity contribution in [3.63, 3.8) is 0 Å². The Morgan fingerprint density at radius 1 is 0.972 bits per heavy atom. The summed E-state index contributed by atoms with van der Waals surface area (Å²) in [6.45, 7) is 7.87. The van der Waals surface area contributed by atoms with Crippen LogP contribution in [0.3, 0.4) is 0 Å². The monoisotopic (exact) mass is 554 g/mol. The Morgan fingerprint density at radius 3 is 2.17 bits per heavy atom. The van der Waals surface area contributed by atoms with E-state index in [-0.39, 0.29) is 5.69 Å². The molecule has 3 aromatic rings. The molecule has 36 heavy (non-hydrogen) atoms. The number of nitro groups is 1. The number of unbranched alkanes of at least 4 members (excludes halogenated alkanes) is 2. The molecule has 0 aliphatic rings. The number of aromatic nitrogens is 3. The molecule has 3 rings (SSSR count). The van der Waals surface area contributed by atoms with Crippen molar-refractivity contribution < 1.29 is 4.92 Å². The van der Waals surface area contributed by atoms with Crippen LogP contribution in [0.2, 0.25) is 0 Å². The number of non-ortho nitro benzene ring substituents is 1. The molecule has 0 unspecified atom stereocenters. The van der Waals surface area contributed by atoms with Crippen LogP contribution >= 0.6 is 15.9 Å². The van der Waals surface area contributed by atoms with Crippen molar-refractivity contribution in [2.24, 2.45) is 5.10 Å². The number of nitrogens with one attached hydrogen (secondary N) is 2. The summed E-state index contributed by atoms with van der Waals surface area (Å²) in [7, 11) is 0. The van der Waals surface area contributed by atoms with Crippen molar-refractivity contribution in [3.8, 4) is 0 Å². The summed E-state index contributed by atoms with van der Waals surface area (Å²) >= 11 is 3.45. The van der Waals surface area contributed by atoms with E-state index in [2.05, 4.69) is 65.5 Å². The molecule has 190 valence electrons. The van der Waals surface area contributed by atoms with Gasteiger partial charge in [-0.1, -0.05) is 54.8 Å². The van der Waals surface area contributed by atoms with E-state index in [1.165, 1.54) is 12.1 Å². The average molecular weight is 555 g/mol. The van der Waals surface area contributed by atoms with Crippen molar-refractivity contribution in [3.05, 3.63) is 68.7 Å². The number of anilines is 4. The van der Waals surface area contributed by atoms with Gasteiger partial charge in [-0.15, -0.1) is 0 Å². The molecule has 0 amide bonds. The molecule has 0 saturated carbocycles. The number of rotatable bonds is 13. The highest BCUT2D eigenvalue weighted by atomic mass is 79.9. The van der Waals surface area contributed by atoms with E-state index in [1.807, 2.05) is 31.2 Å². The van der Waals surface area contributed by atoms with Gasteiger partial charge >= 0.3 is 0 Å².